The number of nitrogens with one attached hydrogen (secondary N) is 1. The number of rotatable bonds is 2. The second kappa shape index (κ2) is 4.21. The molecule has 3 rings (SSSR count). The van der Waals surface area contributed by atoms with Crippen LogP contribution >= 0.6 is 0 Å². The number of hydrogen-bond donors (Lipinski definition) is 1. The van der Waals surface area contributed by atoms with Crippen molar-refractivity contribution in [3.63, 3.8) is 0 Å². The zero-order chi connectivity index (χ0) is 11.0. The first-order valence-corrected chi connectivity index (χ1v) is 6.69. The van der Waals surface area contributed by atoms with Gasteiger partial charge in [0.25, 0.3) is 0 Å². The van der Waals surface area contributed by atoms with Gasteiger partial charge in [-0.15, -0.1) is 0 Å². The van der Waals surface area contributed by atoms with Crippen molar-refractivity contribution in [2.75, 3.05) is 13.1 Å². The number of fused-ring (bicyclic) bond motifs is 1. The van der Waals surface area contributed by atoms with Crippen LogP contribution in [0.25, 0.3) is 0 Å². The Kier molecular flexibility index (Phi) is 2.72. The predicted octanol–water partition coefficient (Wildman–Crippen LogP) is 1.86. The highest BCUT2D eigenvalue weighted by Crippen LogP contribution is 2.32. The molecule has 0 radical (unpaired) electrons. The van der Waals surface area contributed by atoms with Crippen molar-refractivity contribution in [3.8, 4) is 0 Å². The van der Waals surface area contributed by atoms with Crippen LogP contribution in [0.15, 0.2) is 0 Å². The monoisotopic (exact) mass is 219 g/mol. The molecule has 1 aliphatic carbocycles. The lowest BCUT2D eigenvalue weighted by Crippen LogP contribution is -2.29. The minimum atomic E-state index is 0.674. The fourth-order valence-electron chi connectivity index (χ4n) is 3.21. The molecule has 1 fully saturated rings. The number of hydrogen-bond acceptors (Lipinski definition) is 2. The summed E-state index contributed by atoms with van der Waals surface area (Å²) in [4.78, 5) is 0. The van der Waals surface area contributed by atoms with E-state index in [0.29, 0.717) is 5.92 Å². The van der Waals surface area contributed by atoms with E-state index < -0.39 is 0 Å². The van der Waals surface area contributed by atoms with E-state index in [9.17, 15) is 0 Å². The van der Waals surface area contributed by atoms with Crippen LogP contribution in [0, 0.1) is 0 Å². The lowest BCUT2D eigenvalue weighted by atomic mass is 9.93. The van der Waals surface area contributed by atoms with Crippen molar-refractivity contribution >= 4 is 0 Å². The van der Waals surface area contributed by atoms with Gasteiger partial charge >= 0.3 is 0 Å². The van der Waals surface area contributed by atoms with Gasteiger partial charge in [-0.3, -0.25) is 4.68 Å². The first-order valence-electron chi connectivity index (χ1n) is 6.69. The summed E-state index contributed by atoms with van der Waals surface area (Å²) in [6.45, 7) is 5.55. The van der Waals surface area contributed by atoms with Crippen LogP contribution in [-0.2, 0) is 19.4 Å². The molecule has 0 amide bonds. The van der Waals surface area contributed by atoms with Crippen LogP contribution in [-0.4, -0.2) is 22.9 Å². The smallest absolute Gasteiger partial charge is 0.0703 e. The van der Waals surface area contributed by atoms with E-state index in [1.54, 1.807) is 5.56 Å². The van der Waals surface area contributed by atoms with Crippen LogP contribution in [0.5, 0.6) is 0 Å². The summed E-state index contributed by atoms with van der Waals surface area (Å²) in [7, 11) is 0. The van der Waals surface area contributed by atoms with Crippen LogP contribution in [0.4, 0.5) is 0 Å². The van der Waals surface area contributed by atoms with Crippen LogP contribution in [0.3, 0.4) is 0 Å². The molecular formula is C13H21N3. The largest absolute Gasteiger partial charge is 0.316 e. The predicted molar refractivity (Wildman–Crippen MR) is 64.8 cm³/mol. The standard InChI is InChI=1S/C13H21N3/c1-2-16-12-7-3-6-11(12)13(15-16)10-5-4-8-14-9-10/h10,14H,2-9H2,1H3/t10-/m0/s1. The first kappa shape index (κ1) is 10.3. The Bertz CT molecular complexity index is 375. The molecule has 0 saturated carbocycles. The molecule has 16 heavy (non-hydrogen) atoms. The SMILES string of the molecule is CCn1nc([C@H]2CCCNC2)c2c1CCC2. The molecule has 3 heteroatoms. The summed E-state index contributed by atoms with van der Waals surface area (Å²) in [5.74, 6) is 0.674. The van der Waals surface area contributed by atoms with Gasteiger partial charge in [-0.25, -0.2) is 0 Å². The summed E-state index contributed by atoms with van der Waals surface area (Å²) < 4.78 is 2.24. The Labute approximate surface area is 97.2 Å². The van der Waals surface area contributed by atoms with E-state index in [-0.39, 0.29) is 0 Å². The molecule has 1 saturated heterocycles. The molecule has 3 nitrogen and oxygen atoms in total. The van der Waals surface area contributed by atoms with Gasteiger partial charge in [0.15, 0.2) is 0 Å². The Morgan fingerprint density at radius 3 is 3.06 bits per heavy atom. The van der Waals surface area contributed by atoms with Gasteiger partial charge in [-0.05, 0) is 51.1 Å². The summed E-state index contributed by atoms with van der Waals surface area (Å²) in [5.41, 5.74) is 4.54. The molecule has 0 spiro atoms. The molecule has 1 atom stereocenters. The average Bonchev–Trinajstić information content (AvgIpc) is 2.91. The maximum Gasteiger partial charge on any atom is 0.0703 e. The molecule has 88 valence electrons. The third-order valence-electron chi connectivity index (χ3n) is 4.02. The van der Waals surface area contributed by atoms with E-state index in [0.717, 1.165) is 13.1 Å². The Morgan fingerprint density at radius 2 is 2.31 bits per heavy atom. The topological polar surface area (TPSA) is 29.9 Å². The maximum absolute atomic E-state index is 4.85. The van der Waals surface area contributed by atoms with Crippen molar-refractivity contribution in [3.05, 3.63) is 17.0 Å². The van der Waals surface area contributed by atoms with Crippen molar-refractivity contribution in [2.45, 2.75) is 51.5 Å². The Morgan fingerprint density at radius 1 is 1.38 bits per heavy atom. The molecule has 1 aliphatic heterocycles. The van der Waals surface area contributed by atoms with E-state index in [4.69, 9.17) is 5.10 Å². The minimum Gasteiger partial charge on any atom is -0.316 e. The zero-order valence-electron chi connectivity index (χ0n) is 10.1. The zero-order valence-corrected chi connectivity index (χ0v) is 10.1. The molecule has 1 aromatic rings. The van der Waals surface area contributed by atoms with E-state index in [1.165, 1.54) is 50.0 Å². The van der Waals surface area contributed by atoms with E-state index in [2.05, 4.69) is 16.9 Å². The van der Waals surface area contributed by atoms with Gasteiger partial charge < -0.3 is 5.32 Å². The molecule has 0 bridgehead atoms. The fourth-order valence-corrected chi connectivity index (χ4v) is 3.21. The quantitative estimate of drug-likeness (QED) is 0.823. The van der Waals surface area contributed by atoms with Crippen molar-refractivity contribution in [1.82, 2.24) is 15.1 Å². The highest BCUT2D eigenvalue weighted by Gasteiger charge is 2.27. The molecular weight excluding hydrogens is 198 g/mol. The lowest BCUT2D eigenvalue weighted by Gasteiger charge is -2.21. The molecule has 0 unspecified atom stereocenters. The fraction of sp³-hybridized carbons (Fsp3) is 0.769. The van der Waals surface area contributed by atoms with Crippen molar-refractivity contribution < 1.29 is 0 Å². The Balaban J connectivity index is 1.94. The van der Waals surface area contributed by atoms with Gasteiger partial charge in [0, 0.05) is 24.7 Å². The van der Waals surface area contributed by atoms with Gasteiger partial charge in [-0.1, -0.05) is 0 Å². The number of aromatic nitrogens is 2. The summed E-state index contributed by atoms with van der Waals surface area (Å²) in [5, 5.41) is 8.35. The molecule has 0 aromatic carbocycles. The van der Waals surface area contributed by atoms with Crippen molar-refractivity contribution in [2.24, 2.45) is 0 Å². The molecule has 2 heterocycles. The lowest BCUT2D eigenvalue weighted by molar-refractivity contribution is 0.446. The maximum atomic E-state index is 4.85. The van der Waals surface area contributed by atoms with Gasteiger partial charge in [0.2, 0.25) is 0 Å². The van der Waals surface area contributed by atoms with Crippen molar-refractivity contribution in [1.29, 1.82) is 0 Å². The second-order valence-corrected chi connectivity index (χ2v) is 5.02. The summed E-state index contributed by atoms with van der Waals surface area (Å²) in [6, 6.07) is 0. The third kappa shape index (κ3) is 1.58. The highest BCUT2D eigenvalue weighted by atomic mass is 15.3. The molecule has 2 aliphatic rings. The first-order chi connectivity index (χ1) is 7.90. The summed E-state index contributed by atoms with van der Waals surface area (Å²) in [6.07, 6.45) is 6.47. The minimum absolute atomic E-state index is 0.674. The summed E-state index contributed by atoms with van der Waals surface area (Å²) >= 11 is 0. The van der Waals surface area contributed by atoms with Crippen LogP contribution in [0.2, 0.25) is 0 Å². The van der Waals surface area contributed by atoms with Gasteiger partial charge in [0.05, 0.1) is 5.69 Å². The number of piperidine rings is 1. The van der Waals surface area contributed by atoms with Gasteiger partial charge in [0.1, 0.15) is 0 Å². The van der Waals surface area contributed by atoms with E-state index in [1.807, 2.05) is 0 Å². The average molecular weight is 219 g/mol. The molecule has 1 N–H and O–H groups in total. The Hall–Kier alpha value is -0.830. The normalized spacial score (nSPS) is 24.7. The highest BCUT2D eigenvalue weighted by molar-refractivity contribution is 5.33. The number of nitrogens with zero attached hydrogens (tertiary/aromatic N) is 2. The van der Waals surface area contributed by atoms with Crippen LogP contribution in [0.1, 0.15) is 49.1 Å². The second-order valence-electron chi connectivity index (χ2n) is 5.02. The third-order valence-corrected chi connectivity index (χ3v) is 4.02. The molecule has 1 aromatic heterocycles. The number of aryl methyl sites for hydroxylation is 1. The van der Waals surface area contributed by atoms with E-state index >= 15 is 0 Å². The van der Waals surface area contributed by atoms with Gasteiger partial charge in [-0.2, -0.15) is 5.10 Å². The van der Waals surface area contributed by atoms with Crippen LogP contribution < -0.4 is 5.32 Å².